The molecule has 4 nitrogen and oxygen atoms in total. The molecular weight excluding hydrogens is 182 g/mol. The highest BCUT2D eigenvalue weighted by Gasteiger charge is 1.97. The summed E-state index contributed by atoms with van der Waals surface area (Å²) in [6, 6.07) is 0. The third-order valence-corrected chi connectivity index (χ3v) is 1.50. The van der Waals surface area contributed by atoms with E-state index >= 15 is 0 Å². The third-order valence-electron chi connectivity index (χ3n) is 1.50. The maximum absolute atomic E-state index is 11.0. The number of carbonyl (C=O) groups excluding carboxylic acids is 1. The summed E-state index contributed by atoms with van der Waals surface area (Å²) in [6.45, 7) is 2.15. The lowest BCUT2D eigenvalue weighted by Gasteiger charge is -2.04. The average Bonchev–Trinajstić information content (AvgIpc) is 2.20. The molecule has 0 spiro atoms. The molecule has 0 saturated carbocycles. The van der Waals surface area contributed by atoms with Crippen LogP contribution in [-0.2, 0) is 14.3 Å². The molecule has 0 atom stereocenters. The lowest BCUT2D eigenvalue weighted by atomic mass is 10.3. The van der Waals surface area contributed by atoms with Gasteiger partial charge >= 0.3 is 0 Å². The highest BCUT2D eigenvalue weighted by Crippen LogP contribution is 1.85. The van der Waals surface area contributed by atoms with Crippen molar-refractivity contribution in [3.05, 3.63) is 0 Å². The Morgan fingerprint density at radius 2 is 2.21 bits per heavy atom. The number of nitrogens with one attached hydrogen (secondary N) is 1. The van der Waals surface area contributed by atoms with E-state index in [-0.39, 0.29) is 5.91 Å². The van der Waals surface area contributed by atoms with Crippen LogP contribution in [0.3, 0.4) is 0 Å². The molecule has 0 saturated heterocycles. The molecule has 0 aromatic rings. The quantitative estimate of drug-likeness (QED) is 0.448. The number of hydrogen-bond donors (Lipinski definition) is 1. The van der Waals surface area contributed by atoms with Crippen molar-refractivity contribution >= 4 is 5.91 Å². The van der Waals surface area contributed by atoms with Crippen molar-refractivity contribution in [1.29, 1.82) is 0 Å². The number of rotatable bonds is 8. The standard InChI is InChI=1S/C10H17NO3/c1-3-4-5-10(12)11-6-7-14-9-8-13-2/h1H,4-9H2,2H3,(H,11,12). The largest absolute Gasteiger partial charge is 0.382 e. The average molecular weight is 199 g/mol. The van der Waals surface area contributed by atoms with Gasteiger partial charge in [0.15, 0.2) is 0 Å². The van der Waals surface area contributed by atoms with E-state index in [1.54, 1.807) is 7.11 Å². The van der Waals surface area contributed by atoms with Crippen molar-refractivity contribution in [3.63, 3.8) is 0 Å². The molecule has 0 aromatic carbocycles. The van der Waals surface area contributed by atoms with Crippen LogP contribution in [0.1, 0.15) is 12.8 Å². The molecule has 0 bridgehead atoms. The summed E-state index contributed by atoms with van der Waals surface area (Å²) in [5, 5.41) is 2.69. The van der Waals surface area contributed by atoms with Gasteiger partial charge in [0.25, 0.3) is 0 Å². The Morgan fingerprint density at radius 3 is 2.86 bits per heavy atom. The van der Waals surface area contributed by atoms with E-state index in [4.69, 9.17) is 15.9 Å². The number of hydrogen-bond acceptors (Lipinski definition) is 3. The maximum Gasteiger partial charge on any atom is 0.221 e. The first-order valence-electron chi connectivity index (χ1n) is 4.58. The summed E-state index contributed by atoms with van der Waals surface area (Å²) in [6.07, 6.45) is 5.88. The Hall–Kier alpha value is -1.05. The Kier molecular flexibility index (Phi) is 9.28. The van der Waals surface area contributed by atoms with Gasteiger partial charge in [0, 0.05) is 26.5 Å². The lowest BCUT2D eigenvalue weighted by molar-refractivity contribution is -0.121. The summed E-state index contributed by atoms with van der Waals surface area (Å²) in [5.74, 6) is 2.38. The number of terminal acetylenes is 1. The van der Waals surface area contributed by atoms with Crippen molar-refractivity contribution in [2.24, 2.45) is 0 Å². The predicted octanol–water partition coefficient (Wildman–Crippen LogP) is 0.179. The predicted molar refractivity (Wildman–Crippen MR) is 53.8 cm³/mol. The van der Waals surface area contributed by atoms with Gasteiger partial charge in [-0.25, -0.2) is 0 Å². The molecule has 0 aliphatic heterocycles. The molecule has 1 amide bonds. The maximum atomic E-state index is 11.0. The fourth-order valence-corrected chi connectivity index (χ4v) is 0.781. The zero-order valence-electron chi connectivity index (χ0n) is 8.54. The molecule has 0 heterocycles. The zero-order chi connectivity index (χ0) is 10.6. The Labute approximate surface area is 85.0 Å². The SMILES string of the molecule is C#CCCC(=O)NCCOCCOC. The van der Waals surface area contributed by atoms with Gasteiger partial charge in [-0.15, -0.1) is 12.3 Å². The van der Waals surface area contributed by atoms with E-state index in [1.807, 2.05) is 0 Å². The molecule has 0 rings (SSSR count). The van der Waals surface area contributed by atoms with E-state index in [2.05, 4.69) is 11.2 Å². The summed E-state index contributed by atoms with van der Waals surface area (Å²) < 4.78 is 9.94. The first-order chi connectivity index (χ1) is 6.81. The monoisotopic (exact) mass is 199 g/mol. The van der Waals surface area contributed by atoms with Crippen molar-refractivity contribution in [3.8, 4) is 12.3 Å². The normalized spacial score (nSPS) is 9.43. The smallest absolute Gasteiger partial charge is 0.221 e. The van der Waals surface area contributed by atoms with E-state index < -0.39 is 0 Å². The summed E-state index contributed by atoms with van der Waals surface area (Å²) in [7, 11) is 1.62. The van der Waals surface area contributed by atoms with Gasteiger partial charge in [-0.3, -0.25) is 4.79 Å². The third kappa shape index (κ3) is 9.04. The number of amides is 1. The Morgan fingerprint density at radius 1 is 1.43 bits per heavy atom. The molecule has 0 fully saturated rings. The summed E-state index contributed by atoms with van der Waals surface area (Å²) >= 11 is 0. The molecule has 0 unspecified atom stereocenters. The second kappa shape index (κ2) is 10.0. The first-order valence-corrected chi connectivity index (χ1v) is 4.58. The van der Waals surface area contributed by atoms with E-state index in [0.717, 1.165) is 0 Å². The molecule has 0 radical (unpaired) electrons. The van der Waals surface area contributed by atoms with E-state index in [1.165, 1.54) is 0 Å². The molecule has 14 heavy (non-hydrogen) atoms. The van der Waals surface area contributed by atoms with Gasteiger partial charge in [-0.05, 0) is 0 Å². The highest BCUT2D eigenvalue weighted by atomic mass is 16.5. The first kappa shape index (κ1) is 12.9. The lowest BCUT2D eigenvalue weighted by Crippen LogP contribution is -2.27. The second-order valence-electron chi connectivity index (χ2n) is 2.66. The topological polar surface area (TPSA) is 47.6 Å². The fraction of sp³-hybridized carbons (Fsp3) is 0.700. The van der Waals surface area contributed by atoms with Crippen LogP contribution < -0.4 is 5.32 Å². The van der Waals surface area contributed by atoms with Gasteiger partial charge < -0.3 is 14.8 Å². The zero-order valence-corrected chi connectivity index (χ0v) is 8.54. The van der Waals surface area contributed by atoms with E-state index in [9.17, 15) is 4.79 Å². The van der Waals surface area contributed by atoms with Crippen molar-refractivity contribution in [1.82, 2.24) is 5.32 Å². The van der Waals surface area contributed by atoms with Crippen molar-refractivity contribution in [2.45, 2.75) is 12.8 Å². The van der Waals surface area contributed by atoms with E-state index in [0.29, 0.717) is 39.2 Å². The minimum Gasteiger partial charge on any atom is -0.382 e. The molecule has 0 aliphatic carbocycles. The van der Waals surface area contributed by atoms with Gasteiger partial charge in [0.1, 0.15) is 0 Å². The summed E-state index contributed by atoms with van der Waals surface area (Å²) in [4.78, 5) is 11.0. The molecule has 0 aromatic heterocycles. The van der Waals surface area contributed by atoms with Crippen LogP contribution in [0.25, 0.3) is 0 Å². The van der Waals surface area contributed by atoms with Crippen LogP contribution in [-0.4, -0.2) is 39.4 Å². The molecule has 1 N–H and O–H groups in total. The van der Waals surface area contributed by atoms with Crippen LogP contribution in [0.4, 0.5) is 0 Å². The molecule has 80 valence electrons. The fourth-order valence-electron chi connectivity index (χ4n) is 0.781. The number of carbonyl (C=O) groups is 1. The van der Waals surface area contributed by atoms with Crippen LogP contribution in [0.5, 0.6) is 0 Å². The number of ether oxygens (including phenoxy) is 2. The Balaban J connectivity index is 3.11. The molecule has 4 heteroatoms. The van der Waals surface area contributed by atoms with Gasteiger partial charge in [-0.1, -0.05) is 0 Å². The van der Waals surface area contributed by atoms with Crippen LogP contribution in [0, 0.1) is 12.3 Å². The summed E-state index contributed by atoms with van der Waals surface area (Å²) in [5.41, 5.74) is 0. The minimum absolute atomic E-state index is 0.0294. The Bertz CT molecular complexity index is 186. The van der Waals surface area contributed by atoms with Crippen molar-refractivity contribution in [2.75, 3.05) is 33.5 Å². The van der Waals surface area contributed by atoms with Crippen LogP contribution in [0.15, 0.2) is 0 Å². The minimum atomic E-state index is -0.0294. The molecular formula is C10H17NO3. The van der Waals surface area contributed by atoms with Crippen molar-refractivity contribution < 1.29 is 14.3 Å². The second-order valence-corrected chi connectivity index (χ2v) is 2.66. The van der Waals surface area contributed by atoms with Crippen LogP contribution in [0.2, 0.25) is 0 Å². The highest BCUT2D eigenvalue weighted by molar-refractivity contribution is 5.76. The van der Waals surface area contributed by atoms with Gasteiger partial charge in [0.2, 0.25) is 5.91 Å². The van der Waals surface area contributed by atoms with Gasteiger partial charge in [0.05, 0.1) is 19.8 Å². The van der Waals surface area contributed by atoms with Crippen LogP contribution >= 0.6 is 0 Å². The molecule has 0 aliphatic rings. The van der Waals surface area contributed by atoms with Gasteiger partial charge in [-0.2, -0.15) is 0 Å². The number of methoxy groups -OCH3 is 1.